The van der Waals surface area contributed by atoms with Crippen molar-refractivity contribution in [3.8, 4) is 17.2 Å². The minimum atomic E-state index is -0.0463. The van der Waals surface area contributed by atoms with E-state index in [0.717, 1.165) is 16.9 Å². The first-order valence-corrected chi connectivity index (χ1v) is 8.10. The van der Waals surface area contributed by atoms with Gasteiger partial charge in [0.2, 0.25) is 5.91 Å². The standard InChI is InChI=1S/C20H25NO4/c1-14(15-6-8-17(23-3)9-7-15)21(2)20(22)13-16-12-18(24-4)10-11-19(16)25-5/h6-12,14H,13H2,1-5H3/t14-/m0/s1. The van der Waals surface area contributed by atoms with Gasteiger partial charge in [-0.25, -0.2) is 0 Å². The molecule has 0 heterocycles. The van der Waals surface area contributed by atoms with E-state index < -0.39 is 0 Å². The number of carbonyl (C=O) groups excluding carboxylic acids is 1. The molecule has 0 aliphatic heterocycles. The number of carbonyl (C=O) groups is 1. The average Bonchev–Trinajstić information content (AvgIpc) is 2.66. The molecule has 0 saturated heterocycles. The summed E-state index contributed by atoms with van der Waals surface area (Å²) in [7, 11) is 6.64. The normalized spacial score (nSPS) is 11.6. The van der Waals surface area contributed by atoms with Crippen LogP contribution in [-0.4, -0.2) is 39.2 Å². The minimum absolute atomic E-state index is 0.00914. The van der Waals surface area contributed by atoms with Crippen molar-refractivity contribution in [2.45, 2.75) is 19.4 Å². The van der Waals surface area contributed by atoms with Gasteiger partial charge < -0.3 is 19.1 Å². The molecule has 2 aromatic rings. The predicted molar refractivity (Wildman–Crippen MR) is 97.4 cm³/mol. The molecule has 0 aliphatic rings. The van der Waals surface area contributed by atoms with Gasteiger partial charge >= 0.3 is 0 Å². The van der Waals surface area contributed by atoms with E-state index in [2.05, 4.69) is 0 Å². The van der Waals surface area contributed by atoms with Crippen molar-refractivity contribution < 1.29 is 19.0 Å². The van der Waals surface area contributed by atoms with E-state index in [1.54, 1.807) is 26.2 Å². The number of ether oxygens (including phenoxy) is 3. The first kappa shape index (κ1) is 18.6. The third-order valence-electron chi connectivity index (χ3n) is 4.40. The van der Waals surface area contributed by atoms with Crippen molar-refractivity contribution in [2.24, 2.45) is 0 Å². The van der Waals surface area contributed by atoms with E-state index in [0.29, 0.717) is 11.5 Å². The zero-order chi connectivity index (χ0) is 18.4. The lowest BCUT2D eigenvalue weighted by Gasteiger charge is -2.26. The zero-order valence-corrected chi connectivity index (χ0v) is 15.4. The van der Waals surface area contributed by atoms with E-state index in [1.807, 2.05) is 56.4 Å². The molecule has 0 radical (unpaired) electrons. The Labute approximate surface area is 149 Å². The number of benzene rings is 2. The van der Waals surface area contributed by atoms with Crippen LogP contribution < -0.4 is 14.2 Å². The summed E-state index contributed by atoms with van der Waals surface area (Å²) in [6, 6.07) is 13.2. The number of rotatable bonds is 7. The number of nitrogens with zero attached hydrogens (tertiary/aromatic N) is 1. The summed E-state index contributed by atoms with van der Waals surface area (Å²) in [4.78, 5) is 14.5. The average molecular weight is 343 g/mol. The maximum absolute atomic E-state index is 12.7. The Bertz CT molecular complexity index is 712. The lowest BCUT2D eigenvalue weighted by molar-refractivity contribution is -0.131. The van der Waals surface area contributed by atoms with Gasteiger partial charge in [-0.3, -0.25) is 4.79 Å². The molecule has 0 unspecified atom stereocenters. The van der Waals surface area contributed by atoms with Gasteiger partial charge in [0.1, 0.15) is 17.2 Å². The molecule has 134 valence electrons. The summed E-state index contributed by atoms with van der Waals surface area (Å²) in [5.41, 5.74) is 1.86. The first-order chi connectivity index (χ1) is 12.0. The third kappa shape index (κ3) is 4.44. The van der Waals surface area contributed by atoms with Crippen LogP contribution in [-0.2, 0) is 11.2 Å². The molecule has 0 aromatic heterocycles. The Hall–Kier alpha value is -2.69. The molecule has 0 bridgehead atoms. The third-order valence-corrected chi connectivity index (χ3v) is 4.40. The molecule has 25 heavy (non-hydrogen) atoms. The van der Waals surface area contributed by atoms with E-state index >= 15 is 0 Å². The largest absolute Gasteiger partial charge is 0.497 e. The predicted octanol–water partition coefficient (Wildman–Crippen LogP) is 3.47. The summed E-state index contributed by atoms with van der Waals surface area (Å²) in [6.45, 7) is 2.00. The summed E-state index contributed by atoms with van der Waals surface area (Å²) < 4.78 is 15.8. The fraction of sp³-hybridized carbons (Fsp3) is 0.350. The number of methoxy groups -OCH3 is 3. The van der Waals surface area contributed by atoms with Crippen LogP contribution in [0.15, 0.2) is 42.5 Å². The second-order valence-corrected chi connectivity index (χ2v) is 5.81. The van der Waals surface area contributed by atoms with Crippen LogP contribution in [0.4, 0.5) is 0 Å². The fourth-order valence-electron chi connectivity index (χ4n) is 2.63. The number of amides is 1. The number of hydrogen-bond acceptors (Lipinski definition) is 4. The summed E-state index contributed by atoms with van der Waals surface area (Å²) >= 11 is 0. The van der Waals surface area contributed by atoms with Crippen LogP contribution in [0.25, 0.3) is 0 Å². The Morgan fingerprint density at radius 1 is 0.960 bits per heavy atom. The van der Waals surface area contributed by atoms with E-state index in [9.17, 15) is 4.79 Å². The van der Waals surface area contributed by atoms with Gasteiger partial charge in [0.25, 0.3) is 0 Å². The molecule has 0 saturated carbocycles. The maximum Gasteiger partial charge on any atom is 0.227 e. The van der Waals surface area contributed by atoms with Crippen molar-refractivity contribution in [3.05, 3.63) is 53.6 Å². The highest BCUT2D eigenvalue weighted by atomic mass is 16.5. The van der Waals surface area contributed by atoms with Gasteiger partial charge in [-0.2, -0.15) is 0 Å². The lowest BCUT2D eigenvalue weighted by atomic mass is 10.1. The van der Waals surface area contributed by atoms with Crippen molar-refractivity contribution in [2.75, 3.05) is 28.4 Å². The maximum atomic E-state index is 12.7. The Morgan fingerprint density at radius 3 is 2.12 bits per heavy atom. The second kappa shape index (κ2) is 8.42. The van der Waals surface area contributed by atoms with Gasteiger partial charge in [0, 0.05) is 12.6 Å². The number of hydrogen-bond donors (Lipinski definition) is 0. The van der Waals surface area contributed by atoms with Gasteiger partial charge in [0.05, 0.1) is 33.8 Å². The summed E-state index contributed by atoms with van der Waals surface area (Å²) in [5, 5.41) is 0. The Balaban J connectivity index is 2.13. The molecule has 1 amide bonds. The SMILES string of the molecule is COc1ccc([C@H](C)N(C)C(=O)Cc2cc(OC)ccc2OC)cc1. The van der Waals surface area contributed by atoms with Gasteiger partial charge in [-0.15, -0.1) is 0 Å². The molecule has 0 N–H and O–H groups in total. The van der Waals surface area contributed by atoms with Crippen molar-refractivity contribution >= 4 is 5.91 Å². The highest BCUT2D eigenvalue weighted by molar-refractivity contribution is 5.80. The van der Waals surface area contributed by atoms with Crippen LogP contribution in [0.1, 0.15) is 24.1 Å². The molecule has 5 heteroatoms. The van der Waals surface area contributed by atoms with Crippen LogP contribution in [0.2, 0.25) is 0 Å². The highest BCUT2D eigenvalue weighted by Gasteiger charge is 2.19. The second-order valence-electron chi connectivity index (χ2n) is 5.81. The smallest absolute Gasteiger partial charge is 0.227 e. The topological polar surface area (TPSA) is 48.0 Å². The molecule has 0 spiro atoms. The van der Waals surface area contributed by atoms with Crippen molar-refractivity contribution in [3.63, 3.8) is 0 Å². The van der Waals surface area contributed by atoms with Crippen molar-refractivity contribution in [1.82, 2.24) is 4.90 Å². The van der Waals surface area contributed by atoms with Crippen molar-refractivity contribution in [1.29, 1.82) is 0 Å². The summed E-state index contributed by atoms with van der Waals surface area (Å²) in [6.07, 6.45) is 0.247. The molecule has 5 nitrogen and oxygen atoms in total. The summed E-state index contributed by atoms with van der Waals surface area (Å²) in [5.74, 6) is 2.19. The quantitative estimate of drug-likeness (QED) is 0.772. The molecule has 2 rings (SSSR count). The van der Waals surface area contributed by atoms with Gasteiger partial charge in [-0.1, -0.05) is 12.1 Å². The van der Waals surface area contributed by atoms with Crippen LogP contribution >= 0.6 is 0 Å². The van der Waals surface area contributed by atoms with Crippen LogP contribution in [0.3, 0.4) is 0 Å². The Kier molecular flexibility index (Phi) is 6.28. The van der Waals surface area contributed by atoms with Gasteiger partial charge in [-0.05, 0) is 42.8 Å². The lowest BCUT2D eigenvalue weighted by Crippen LogP contribution is -2.31. The zero-order valence-electron chi connectivity index (χ0n) is 15.4. The molecular weight excluding hydrogens is 318 g/mol. The molecule has 2 aromatic carbocycles. The molecule has 0 aliphatic carbocycles. The molecule has 0 fully saturated rings. The monoisotopic (exact) mass is 343 g/mol. The van der Waals surface area contributed by atoms with Crippen LogP contribution in [0, 0.1) is 0 Å². The van der Waals surface area contributed by atoms with E-state index in [-0.39, 0.29) is 18.4 Å². The van der Waals surface area contributed by atoms with E-state index in [4.69, 9.17) is 14.2 Å². The molecule has 1 atom stereocenters. The van der Waals surface area contributed by atoms with Crippen LogP contribution in [0.5, 0.6) is 17.2 Å². The highest BCUT2D eigenvalue weighted by Crippen LogP contribution is 2.27. The minimum Gasteiger partial charge on any atom is -0.497 e. The fourth-order valence-corrected chi connectivity index (χ4v) is 2.63. The van der Waals surface area contributed by atoms with E-state index in [1.165, 1.54) is 0 Å². The molecular formula is C20H25NO4. The number of likely N-dealkylation sites (N-methyl/N-ethyl adjacent to an activating group) is 1. The van der Waals surface area contributed by atoms with Gasteiger partial charge in [0.15, 0.2) is 0 Å². The first-order valence-electron chi connectivity index (χ1n) is 8.10. The Morgan fingerprint density at radius 2 is 1.56 bits per heavy atom.